The number of hydrogen-bond donors (Lipinski definition) is 0. The van der Waals surface area contributed by atoms with Crippen LogP contribution in [0.4, 0.5) is 0 Å². The quantitative estimate of drug-likeness (QED) is 0.559. The summed E-state index contributed by atoms with van der Waals surface area (Å²) in [4.78, 5) is 17.8. The van der Waals surface area contributed by atoms with Gasteiger partial charge in [-0.25, -0.2) is 0 Å². The maximum atomic E-state index is 13.4. The van der Waals surface area contributed by atoms with Crippen molar-refractivity contribution in [2.75, 3.05) is 20.1 Å². The number of hydrogen-bond acceptors (Lipinski definition) is 4. The fourth-order valence-electron chi connectivity index (χ4n) is 4.90. The number of piperidine rings is 1. The van der Waals surface area contributed by atoms with Crippen molar-refractivity contribution in [1.29, 1.82) is 0 Å². The first kappa shape index (κ1) is 22.3. The van der Waals surface area contributed by atoms with Gasteiger partial charge in [0.15, 0.2) is 0 Å². The third-order valence-electron chi connectivity index (χ3n) is 6.68. The molecule has 2 aromatic heterocycles. The van der Waals surface area contributed by atoms with Crippen LogP contribution in [0.15, 0.2) is 52.9 Å². The number of amides is 1. The lowest BCUT2D eigenvalue weighted by Crippen LogP contribution is -2.47. The molecule has 6 nitrogen and oxygen atoms in total. The van der Waals surface area contributed by atoms with E-state index in [0.29, 0.717) is 11.6 Å². The Kier molecular flexibility index (Phi) is 6.80. The van der Waals surface area contributed by atoms with Gasteiger partial charge in [-0.1, -0.05) is 30.3 Å². The summed E-state index contributed by atoms with van der Waals surface area (Å²) >= 11 is 0. The Bertz CT molecular complexity index is 1030. The van der Waals surface area contributed by atoms with E-state index < -0.39 is 0 Å². The van der Waals surface area contributed by atoms with Crippen LogP contribution in [0.5, 0.6) is 0 Å². The maximum Gasteiger partial charge on any atom is 0.272 e. The van der Waals surface area contributed by atoms with Crippen molar-refractivity contribution in [1.82, 2.24) is 19.6 Å². The Hall–Kier alpha value is -2.86. The molecule has 170 valence electrons. The molecule has 0 radical (unpaired) electrons. The van der Waals surface area contributed by atoms with Crippen molar-refractivity contribution >= 4 is 5.91 Å². The van der Waals surface area contributed by atoms with E-state index >= 15 is 0 Å². The zero-order valence-corrected chi connectivity index (χ0v) is 19.6. The smallest absolute Gasteiger partial charge is 0.272 e. The molecule has 1 saturated heterocycles. The van der Waals surface area contributed by atoms with Crippen LogP contribution >= 0.6 is 0 Å². The largest absolute Gasteiger partial charge is 0.465 e. The highest BCUT2D eigenvalue weighted by atomic mass is 16.3. The number of benzene rings is 1. The van der Waals surface area contributed by atoms with Gasteiger partial charge in [0.1, 0.15) is 17.2 Å². The molecule has 0 spiro atoms. The Morgan fingerprint density at radius 2 is 1.88 bits per heavy atom. The summed E-state index contributed by atoms with van der Waals surface area (Å²) < 4.78 is 7.46. The molecule has 0 unspecified atom stereocenters. The summed E-state index contributed by atoms with van der Waals surface area (Å²) in [5.74, 6) is 2.49. The van der Waals surface area contributed by atoms with E-state index in [1.165, 1.54) is 5.56 Å². The van der Waals surface area contributed by atoms with Crippen LogP contribution < -0.4 is 0 Å². The van der Waals surface area contributed by atoms with Crippen molar-refractivity contribution in [3.8, 4) is 0 Å². The zero-order chi connectivity index (χ0) is 22.7. The third-order valence-corrected chi connectivity index (χ3v) is 6.68. The average Bonchev–Trinajstić information content (AvgIpc) is 3.36. The standard InChI is InChI=1S/C26H34N4O2/c1-19-16-25(29(4)27-19)26(31)28(3)24(17-21-8-6-5-7-9-21)22-12-14-30(15-13-22)18-23-11-10-20(2)32-23/h5-11,16,22,24H,12-15,17-18H2,1-4H3/t24-/m1/s1. The lowest BCUT2D eigenvalue weighted by Gasteiger charge is -2.40. The van der Waals surface area contributed by atoms with Crippen LogP contribution in [0.25, 0.3) is 0 Å². The molecule has 3 aromatic rings. The van der Waals surface area contributed by atoms with Crippen LogP contribution in [0, 0.1) is 19.8 Å². The summed E-state index contributed by atoms with van der Waals surface area (Å²) in [5, 5.41) is 4.38. The van der Waals surface area contributed by atoms with E-state index in [2.05, 4.69) is 40.3 Å². The molecular formula is C26H34N4O2. The number of furan rings is 1. The fourth-order valence-corrected chi connectivity index (χ4v) is 4.90. The van der Waals surface area contributed by atoms with Gasteiger partial charge in [-0.15, -0.1) is 0 Å². The lowest BCUT2D eigenvalue weighted by atomic mass is 9.84. The highest BCUT2D eigenvalue weighted by molar-refractivity contribution is 5.92. The van der Waals surface area contributed by atoms with Gasteiger partial charge in [0, 0.05) is 20.1 Å². The highest BCUT2D eigenvalue weighted by Crippen LogP contribution is 2.28. The van der Waals surface area contributed by atoms with Crippen molar-refractivity contribution < 1.29 is 9.21 Å². The van der Waals surface area contributed by atoms with Crippen LogP contribution in [0.1, 0.15) is 46.1 Å². The number of rotatable bonds is 7. The molecular weight excluding hydrogens is 400 g/mol. The Labute approximate surface area is 190 Å². The first-order chi connectivity index (χ1) is 15.4. The normalized spacial score (nSPS) is 16.2. The molecule has 32 heavy (non-hydrogen) atoms. The summed E-state index contributed by atoms with van der Waals surface area (Å²) in [7, 11) is 3.80. The highest BCUT2D eigenvalue weighted by Gasteiger charge is 2.33. The molecule has 3 heterocycles. The van der Waals surface area contributed by atoms with Gasteiger partial charge in [0.2, 0.25) is 0 Å². The van der Waals surface area contributed by atoms with Crippen molar-refractivity contribution in [2.45, 2.75) is 45.7 Å². The summed E-state index contributed by atoms with van der Waals surface area (Å²) in [6.45, 7) is 6.80. The van der Waals surface area contributed by atoms with Gasteiger partial charge < -0.3 is 9.32 Å². The predicted octanol–water partition coefficient (Wildman–Crippen LogP) is 4.23. The predicted molar refractivity (Wildman–Crippen MR) is 125 cm³/mol. The SMILES string of the molecule is Cc1cc(C(=O)N(C)[C@H](Cc2ccccc2)C2CCN(Cc3ccc(C)o3)CC2)n(C)n1. The molecule has 1 fully saturated rings. The van der Waals surface area contributed by atoms with Gasteiger partial charge in [-0.2, -0.15) is 5.10 Å². The number of aromatic nitrogens is 2. The number of likely N-dealkylation sites (tertiary alicyclic amines) is 1. The molecule has 1 aliphatic rings. The summed E-state index contributed by atoms with van der Waals surface area (Å²) in [6, 6.07) is 16.6. The number of carbonyl (C=O) groups excluding carboxylic acids is 1. The van der Waals surface area contributed by atoms with E-state index in [9.17, 15) is 4.79 Å². The van der Waals surface area contributed by atoms with Crippen LogP contribution in [0.2, 0.25) is 0 Å². The minimum Gasteiger partial charge on any atom is -0.465 e. The summed E-state index contributed by atoms with van der Waals surface area (Å²) in [6.07, 6.45) is 3.00. The topological polar surface area (TPSA) is 54.5 Å². The third kappa shape index (κ3) is 5.13. The molecule has 0 saturated carbocycles. The molecule has 6 heteroatoms. The number of nitrogens with zero attached hydrogens (tertiary/aromatic N) is 4. The lowest BCUT2D eigenvalue weighted by molar-refractivity contribution is 0.0569. The second kappa shape index (κ2) is 9.74. The van der Waals surface area contributed by atoms with E-state index in [4.69, 9.17) is 4.42 Å². The molecule has 1 amide bonds. The van der Waals surface area contributed by atoms with Gasteiger partial charge in [-0.05, 0) is 75.9 Å². The molecule has 0 bridgehead atoms. The molecule has 1 aliphatic heterocycles. The Morgan fingerprint density at radius 3 is 2.47 bits per heavy atom. The first-order valence-electron chi connectivity index (χ1n) is 11.5. The Morgan fingerprint density at radius 1 is 1.16 bits per heavy atom. The molecule has 0 N–H and O–H groups in total. The second-order valence-electron chi connectivity index (χ2n) is 9.09. The number of carbonyl (C=O) groups is 1. The monoisotopic (exact) mass is 434 g/mol. The minimum atomic E-state index is 0.0440. The molecule has 1 atom stereocenters. The van der Waals surface area contributed by atoms with E-state index in [-0.39, 0.29) is 11.9 Å². The zero-order valence-electron chi connectivity index (χ0n) is 19.6. The van der Waals surface area contributed by atoms with Crippen molar-refractivity contribution in [2.24, 2.45) is 13.0 Å². The number of likely N-dealkylation sites (N-methyl/N-ethyl adjacent to an activating group) is 1. The number of aryl methyl sites for hydroxylation is 3. The second-order valence-corrected chi connectivity index (χ2v) is 9.09. The maximum absolute atomic E-state index is 13.4. The van der Waals surface area contributed by atoms with Crippen molar-refractivity contribution in [3.63, 3.8) is 0 Å². The van der Waals surface area contributed by atoms with E-state index in [1.54, 1.807) is 4.68 Å². The van der Waals surface area contributed by atoms with Crippen LogP contribution in [0.3, 0.4) is 0 Å². The van der Waals surface area contributed by atoms with E-state index in [1.807, 2.05) is 51.0 Å². The molecule has 4 rings (SSSR count). The average molecular weight is 435 g/mol. The van der Waals surface area contributed by atoms with Crippen LogP contribution in [-0.2, 0) is 20.0 Å². The minimum absolute atomic E-state index is 0.0440. The van der Waals surface area contributed by atoms with E-state index in [0.717, 1.165) is 56.1 Å². The molecule has 1 aromatic carbocycles. The first-order valence-corrected chi connectivity index (χ1v) is 11.5. The molecule has 0 aliphatic carbocycles. The van der Waals surface area contributed by atoms with Gasteiger partial charge in [-0.3, -0.25) is 14.4 Å². The van der Waals surface area contributed by atoms with Crippen LogP contribution in [-0.4, -0.2) is 51.7 Å². The summed E-state index contributed by atoms with van der Waals surface area (Å²) in [5.41, 5.74) is 2.78. The Balaban J connectivity index is 1.48. The fraction of sp³-hybridized carbons (Fsp3) is 0.462. The van der Waals surface area contributed by atoms with Crippen molar-refractivity contribution in [3.05, 3.63) is 77.0 Å². The van der Waals surface area contributed by atoms with Gasteiger partial charge in [0.25, 0.3) is 5.91 Å². The van der Waals surface area contributed by atoms with Gasteiger partial charge >= 0.3 is 0 Å². The van der Waals surface area contributed by atoms with Gasteiger partial charge in [0.05, 0.1) is 12.2 Å².